The van der Waals surface area contributed by atoms with E-state index >= 15 is 0 Å². The fourth-order valence-corrected chi connectivity index (χ4v) is 1.28. The van der Waals surface area contributed by atoms with Crippen molar-refractivity contribution in [3.05, 3.63) is 42.4 Å². The van der Waals surface area contributed by atoms with Gasteiger partial charge in [0.05, 0.1) is 5.69 Å². The summed E-state index contributed by atoms with van der Waals surface area (Å²) in [6.45, 7) is 1.98. The van der Waals surface area contributed by atoms with Gasteiger partial charge in [-0.25, -0.2) is 4.98 Å². The molecule has 0 aliphatic heterocycles. The Bertz CT molecular complexity index is 404. The molecule has 13 heavy (non-hydrogen) atoms. The van der Waals surface area contributed by atoms with Gasteiger partial charge in [-0.3, -0.25) is 0 Å². The number of nitrogens with zero attached hydrogens (tertiary/aromatic N) is 2. The molecule has 0 aromatic carbocycles. The van der Waals surface area contributed by atoms with Crippen LogP contribution in [0.2, 0.25) is 0 Å². The molecule has 0 saturated carbocycles. The average Bonchev–Trinajstić information content (AvgIpc) is 2.56. The Kier molecular flexibility index (Phi) is 1.77. The molecule has 2 rings (SSSR count). The highest BCUT2D eigenvalue weighted by molar-refractivity contribution is 5.54. The molecule has 2 aromatic rings. The summed E-state index contributed by atoms with van der Waals surface area (Å²) in [6.07, 6.45) is 5.66. The van der Waals surface area contributed by atoms with Gasteiger partial charge in [0.25, 0.3) is 0 Å². The van der Waals surface area contributed by atoms with Crippen LogP contribution in [0.3, 0.4) is 0 Å². The summed E-state index contributed by atoms with van der Waals surface area (Å²) >= 11 is 0. The van der Waals surface area contributed by atoms with E-state index in [9.17, 15) is 0 Å². The normalized spacial score (nSPS) is 10.2. The lowest BCUT2D eigenvalue weighted by Gasteiger charge is -2.05. The Hall–Kier alpha value is -1.77. The van der Waals surface area contributed by atoms with Crippen LogP contribution in [0.15, 0.2) is 36.8 Å². The van der Waals surface area contributed by atoms with Crippen LogP contribution in [0.5, 0.6) is 0 Å². The van der Waals surface area contributed by atoms with Crippen LogP contribution in [0.4, 0.5) is 5.69 Å². The van der Waals surface area contributed by atoms with E-state index in [4.69, 9.17) is 5.73 Å². The van der Waals surface area contributed by atoms with Crippen LogP contribution >= 0.6 is 0 Å². The van der Waals surface area contributed by atoms with Gasteiger partial charge in [0, 0.05) is 18.6 Å². The van der Waals surface area contributed by atoms with Crippen molar-refractivity contribution < 1.29 is 0 Å². The van der Waals surface area contributed by atoms with Gasteiger partial charge in [0.1, 0.15) is 0 Å². The number of hydrogen-bond donors (Lipinski definition) is 1. The van der Waals surface area contributed by atoms with Gasteiger partial charge in [-0.15, -0.1) is 0 Å². The Morgan fingerprint density at radius 3 is 2.62 bits per heavy atom. The van der Waals surface area contributed by atoms with E-state index in [2.05, 4.69) is 4.98 Å². The molecule has 0 unspecified atom stereocenters. The second-order valence-corrected chi connectivity index (χ2v) is 3.02. The SMILES string of the molecule is Cc1cnc(-n2cccc2)c(N)c1. The Labute approximate surface area is 76.8 Å². The Morgan fingerprint density at radius 2 is 2.00 bits per heavy atom. The topological polar surface area (TPSA) is 43.8 Å². The van der Waals surface area contributed by atoms with Gasteiger partial charge in [0.15, 0.2) is 5.82 Å². The fraction of sp³-hybridized carbons (Fsp3) is 0.100. The first-order valence-corrected chi connectivity index (χ1v) is 4.13. The number of anilines is 1. The largest absolute Gasteiger partial charge is 0.396 e. The predicted molar refractivity (Wildman–Crippen MR) is 52.7 cm³/mol. The minimum Gasteiger partial charge on any atom is -0.396 e. The molecule has 2 N–H and O–H groups in total. The first-order valence-electron chi connectivity index (χ1n) is 4.13. The molecule has 3 heteroatoms. The van der Waals surface area contributed by atoms with Crippen molar-refractivity contribution in [2.75, 3.05) is 5.73 Å². The molecule has 0 radical (unpaired) electrons. The molecule has 0 amide bonds. The number of rotatable bonds is 1. The van der Waals surface area contributed by atoms with Crippen molar-refractivity contribution in [1.82, 2.24) is 9.55 Å². The smallest absolute Gasteiger partial charge is 0.159 e. The lowest BCUT2D eigenvalue weighted by molar-refractivity contribution is 1.01. The van der Waals surface area contributed by atoms with Gasteiger partial charge < -0.3 is 10.3 Å². The van der Waals surface area contributed by atoms with Gasteiger partial charge in [-0.1, -0.05) is 0 Å². The highest BCUT2D eigenvalue weighted by Gasteiger charge is 2.01. The molecule has 3 nitrogen and oxygen atoms in total. The van der Waals surface area contributed by atoms with E-state index in [1.165, 1.54) is 0 Å². The molecular weight excluding hydrogens is 162 g/mol. The summed E-state index contributed by atoms with van der Waals surface area (Å²) in [5, 5.41) is 0. The molecule has 0 aliphatic carbocycles. The maximum absolute atomic E-state index is 5.83. The Balaban J connectivity index is 2.53. The van der Waals surface area contributed by atoms with Gasteiger partial charge in [0.2, 0.25) is 0 Å². The molecule has 2 heterocycles. The lowest BCUT2D eigenvalue weighted by atomic mass is 10.3. The minimum absolute atomic E-state index is 0.705. The van der Waals surface area contributed by atoms with Crippen LogP contribution in [0.1, 0.15) is 5.56 Å². The van der Waals surface area contributed by atoms with Gasteiger partial charge >= 0.3 is 0 Å². The van der Waals surface area contributed by atoms with E-state index in [1.54, 1.807) is 0 Å². The van der Waals surface area contributed by atoms with Crippen molar-refractivity contribution in [3.63, 3.8) is 0 Å². The maximum Gasteiger partial charge on any atom is 0.159 e. The third kappa shape index (κ3) is 1.40. The monoisotopic (exact) mass is 173 g/mol. The average molecular weight is 173 g/mol. The zero-order chi connectivity index (χ0) is 9.26. The quantitative estimate of drug-likeness (QED) is 0.714. The van der Waals surface area contributed by atoms with Crippen LogP contribution in [-0.2, 0) is 0 Å². The number of aryl methyl sites for hydroxylation is 1. The first-order chi connectivity index (χ1) is 6.27. The number of nitrogen functional groups attached to an aromatic ring is 1. The number of hydrogen-bond acceptors (Lipinski definition) is 2. The number of pyridine rings is 1. The predicted octanol–water partition coefficient (Wildman–Crippen LogP) is 1.76. The van der Waals surface area contributed by atoms with E-state index < -0.39 is 0 Å². The van der Waals surface area contributed by atoms with Crippen LogP contribution < -0.4 is 5.73 Å². The van der Waals surface area contributed by atoms with Crippen molar-refractivity contribution in [3.8, 4) is 5.82 Å². The number of nitrogens with two attached hydrogens (primary N) is 1. The molecule has 66 valence electrons. The third-order valence-corrected chi connectivity index (χ3v) is 1.88. The van der Waals surface area contributed by atoms with Crippen molar-refractivity contribution in [2.45, 2.75) is 6.92 Å². The highest BCUT2D eigenvalue weighted by Crippen LogP contribution is 2.14. The molecular formula is C10H11N3. The van der Waals surface area contributed by atoms with Crippen molar-refractivity contribution >= 4 is 5.69 Å². The molecule has 0 aliphatic rings. The molecule has 0 atom stereocenters. The fourth-order valence-electron chi connectivity index (χ4n) is 1.28. The molecule has 0 fully saturated rings. The highest BCUT2D eigenvalue weighted by atomic mass is 15.1. The molecule has 2 aromatic heterocycles. The summed E-state index contributed by atoms with van der Waals surface area (Å²) in [6, 6.07) is 5.81. The minimum atomic E-state index is 0.705. The summed E-state index contributed by atoms with van der Waals surface area (Å²) < 4.78 is 1.90. The number of aromatic nitrogens is 2. The molecule has 0 bridgehead atoms. The van der Waals surface area contributed by atoms with Crippen LogP contribution in [0.25, 0.3) is 5.82 Å². The van der Waals surface area contributed by atoms with Crippen molar-refractivity contribution in [2.24, 2.45) is 0 Å². The second-order valence-electron chi connectivity index (χ2n) is 3.02. The lowest BCUT2D eigenvalue weighted by Crippen LogP contribution is -2.00. The molecule has 0 saturated heterocycles. The molecule has 0 spiro atoms. The summed E-state index contributed by atoms with van der Waals surface area (Å²) in [5.41, 5.74) is 7.61. The van der Waals surface area contributed by atoms with E-state index in [0.717, 1.165) is 11.4 Å². The van der Waals surface area contributed by atoms with E-state index in [0.29, 0.717) is 5.69 Å². The van der Waals surface area contributed by atoms with E-state index in [-0.39, 0.29) is 0 Å². The van der Waals surface area contributed by atoms with Crippen LogP contribution in [-0.4, -0.2) is 9.55 Å². The van der Waals surface area contributed by atoms with Gasteiger partial charge in [-0.2, -0.15) is 0 Å². The van der Waals surface area contributed by atoms with Crippen LogP contribution in [0, 0.1) is 6.92 Å². The Morgan fingerprint density at radius 1 is 1.31 bits per heavy atom. The van der Waals surface area contributed by atoms with Gasteiger partial charge in [-0.05, 0) is 30.7 Å². The third-order valence-electron chi connectivity index (χ3n) is 1.88. The standard InChI is InChI=1S/C10H11N3/c1-8-6-9(11)10(12-7-8)13-4-2-3-5-13/h2-7H,11H2,1H3. The second kappa shape index (κ2) is 2.94. The zero-order valence-electron chi connectivity index (χ0n) is 7.44. The van der Waals surface area contributed by atoms with Crippen molar-refractivity contribution in [1.29, 1.82) is 0 Å². The first kappa shape index (κ1) is 7.86. The summed E-state index contributed by atoms with van der Waals surface area (Å²) in [4.78, 5) is 4.26. The summed E-state index contributed by atoms with van der Waals surface area (Å²) in [7, 11) is 0. The summed E-state index contributed by atoms with van der Waals surface area (Å²) in [5.74, 6) is 0.788. The zero-order valence-corrected chi connectivity index (χ0v) is 7.44. The van der Waals surface area contributed by atoms with E-state index in [1.807, 2.05) is 48.3 Å². The maximum atomic E-state index is 5.83.